The van der Waals surface area contributed by atoms with E-state index < -0.39 is 0 Å². The van der Waals surface area contributed by atoms with Crippen LogP contribution in [0.25, 0.3) is 0 Å². The largest absolute Gasteiger partial charge is 0.349 e. The molecule has 4 nitrogen and oxygen atoms in total. The number of nitrogens with zero attached hydrogens (tertiary/aromatic N) is 1. The van der Waals surface area contributed by atoms with E-state index in [9.17, 15) is 14.0 Å². The zero-order chi connectivity index (χ0) is 17.8. The van der Waals surface area contributed by atoms with Gasteiger partial charge in [0.25, 0.3) is 11.8 Å². The van der Waals surface area contributed by atoms with E-state index in [1.807, 2.05) is 18.2 Å². The standard InChI is InChI=1S/C19H18BrFN2O2/c20-17-4-2-1-3-16(17)18(24)22-15-9-11-23(12-10-15)19(25)13-5-7-14(21)8-6-13/h1-8,15H,9-12H2,(H,22,24). The molecule has 0 aromatic heterocycles. The summed E-state index contributed by atoms with van der Waals surface area (Å²) in [6.45, 7) is 1.13. The SMILES string of the molecule is O=C(NC1CCN(C(=O)c2ccc(F)cc2)CC1)c1ccccc1Br. The predicted molar refractivity (Wildman–Crippen MR) is 96.9 cm³/mol. The Balaban J connectivity index is 1.55. The summed E-state index contributed by atoms with van der Waals surface area (Å²) < 4.78 is 13.7. The number of carbonyl (C=O) groups is 2. The fourth-order valence-corrected chi connectivity index (χ4v) is 3.38. The number of likely N-dealkylation sites (tertiary alicyclic amines) is 1. The molecule has 1 aliphatic rings. The van der Waals surface area contributed by atoms with Gasteiger partial charge in [-0.2, -0.15) is 0 Å². The summed E-state index contributed by atoms with van der Waals surface area (Å²) in [4.78, 5) is 26.5. The number of hydrogen-bond donors (Lipinski definition) is 1. The number of nitrogens with one attached hydrogen (secondary N) is 1. The number of amides is 2. The van der Waals surface area contributed by atoms with Crippen LogP contribution in [0.15, 0.2) is 53.0 Å². The van der Waals surface area contributed by atoms with Crippen molar-refractivity contribution in [1.29, 1.82) is 0 Å². The van der Waals surface area contributed by atoms with Crippen molar-refractivity contribution < 1.29 is 14.0 Å². The van der Waals surface area contributed by atoms with Gasteiger partial charge < -0.3 is 10.2 Å². The molecule has 6 heteroatoms. The van der Waals surface area contributed by atoms with E-state index in [1.54, 1.807) is 11.0 Å². The molecule has 0 bridgehead atoms. The summed E-state index contributed by atoms with van der Waals surface area (Å²) in [6.07, 6.45) is 1.40. The van der Waals surface area contributed by atoms with Crippen molar-refractivity contribution in [3.8, 4) is 0 Å². The molecular weight excluding hydrogens is 387 g/mol. The molecular formula is C19H18BrFN2O2. The van der Waals surface area contributed by atoms with Crippen LogP contribution in [-0.4, -0.2) is 35.8 Å². The van der Waals surface area contributed by atoms with Crippen LogP contribution in [0, 0.1) is 5.82 Å². The smallest absolute Gasteiger partial charge is 0.253 e. The average Bonchev–Trinajstić information content (AvgIpc) is 2.63. The lowest BCUT2D eigenvalue weighted by molar-refractivity contribution is 0.0698. The molecule has 0 atom stereocenters. The first-order valence-corrected chi connectivity index (χ1v) is 8.94. The van der Waals surface area contributed by atoms with Crippen molar-refractivity contribution in [3.05, 3.63) is 69.9 Å². The Morgan fingerprint density at radius 1 is 1.04 bits per heavy atom. The zero-order valence-electron chi connectivity index (χ0n) is 13.5. The van der Waals surface area contributed by atoms with Crippen LogP contribution in [0.3, 0.4) is 0 Å². The van der Waals surface area contributed by atoms with Gasteiger partial charge in [0, 0.05) is 29.2 Å². The number of piperidine rings is 1. The van der Waals surface area contributed by atoms with Crippen molar-refractivity contribution in [2.24, 2.45) is 0 Å². The first-order chi connectivity index (χ1) is 12.0. The van der Waals surface area contributed by atoms with Crippen LogP contribution >= 0.6 is 15.9 Å². The minimum Gasteiger partial charge on any atom is -0.349 e. The highest BCUT2D eigenvalue weighted by Crippen LogP contribution is 2.18. The van der Waals surface area contributed by atoms with Crippen molar-refractivity contribution in [2.45, 2.75) is 18.9 Å². The molecule has 0 saturated carbocycles. The molecule has 1 aliphatic heterocycles. The Morgan fingerprint density at radius 2 is 1.68 bits per heavy atom. The third-order valence-corrected chi connectivity index (χ3v) is 5.02. The summed E-state index contributed by atoms with van der Waals surface area (Å²) in [6, 6.07) is 12.9. The van der Waals surface area contributed by atoms with Gasteiger partial charge in [0.05, 0.1) is 5.56 Å². The maximum atomic E-state index is 13.0. The third kappa shape index (κ3) is 4.25. The highest BCUT2D eigenvalue weighted by Gasteiger charge is 2.25. The molecule has 2 aromatic carbocycles. The summed E-state index contributed by atoms with van der Waals surface area (Å²) >= 11 is 3.38. The number of rotatable bonds is 3. The zero-order valence-corrected chi connectivity index (χ0v) is 15.1. The van der Waals surface area contributed by atoms with Crippen LogP contribution in [0.4, 0.5) is 4.39 Å². The molecule has 2 aromatic rings. The number of hydrogen-bond acceptors (Lipinski definition) is 2. The highest BCUT2D eigenvalue weighted by molar-refractivity contribution is 9.10. The van der Waals surface area contributed by atoms with Gasteiger partial charge in [-0.3, -0.25) is 9.59 Å². The first kappa shape index (κ1) is 17.6. The second kappa shape index (κ2) is 7.78. The molecule has 0 aliphatic carbocycles. The van der Waals surface area contributed by atoms with Crippen LogP contribution < -0.4 is 5.32 Å². The van der Waals surface area contributed by atoms with Gasteiger partial charge in [-0.25, -0.2) is 4.39 Å². The lowest BCUT2D eigenvalue weighted by Gasteiger charge is -2.32. The molecule has 2 amide bonds. The summed E-state index contributed by atoms with van der Waals surface area (Å²) in [5.41, 5.74) is 1.09. The monoisotopic (exact) mass is 404 g/mol. The van der Waals surface area contributed by atoms with E-state index in [0.29, 0.717) is 37.1 Å². The fourth-order valence-electron chi connectivity index (χ4n) is 2.91. The van der Waals surface area contributed by atoms with E-state index in [-0.39, 0.29) is 23.7 Å². The maximum Gasteiger partial charge on any atom is 0.253 e. The molecule has 1 fully saturated rings. The molecule has 0 unspecified atom stereocenters. The van der Waals surface area contributed by atoms with E-state index >= 15 is 0 Å². The van der Waals surface area contributed by atoms with Crippen LogP contribution in [0.5, 0.6) is 0 Å². The van der Waals surface area contributed by atoms with Crippen molar-refractivity contribution >= 4 is 27.7 Å². The van der Waals surface area contributed by atoms with Crippen molar-refractivity contribution in [3.63, 3.8) is 0 Å². The minimum atomic E-state index is -0.356. The van der Waals surface area contributed by atoms with E-state index in [1.165, 1.54) is 24.3 Å². The molecule has 0 spiro atoms. The normalized spacial score (nSPS) is 15.0. The summed E-state index contributed by atoms with van der Waals surface area (Å²) in [5.74, 6) is -0.573. The second-order valence-corrected chi connectivity index (χ2v) is 6.88. The molecule has 130 valence electrons. The number of halogens is 2. The van der Waals surface area contributed by atoms with Gasteiger partial charge >= 0.3 is 0 Å². The Hall–Kier alpha value is -2.21. The molecule has 1 saturated heterocycles. The molecule has 0 radical (unpaired) electrons. The quantitative estimate of drug-likeness (QED) is 0.848. The van der Waals surface area contributed by atoms with Gasteiger partial charge in [-0.05, 0) is 65.2 Å². The van der Waals surface area contributed by atoms with E-state index in [0.717, 1.165) is 4.47 Å². The van der Waals surface area contributed by atoms with Crippen LogP contribution in [0.2, 0.25) is 0 Å². The Morgan fingerprint density at radius 3 is 2.32 bits per heavy atom. The molecule has 25 heavy (non-hydrogen) atoms. The predicted octanol–water partition coefficient (Wildman–Crippen LogP) is 3.62. The highest BCUT2D eigenvalue weighted by atomic mass is 79.9. The lowest BCUT2D eigenvalue weighted by Crippen LogP contribution is -2.46. The van der Waals surface area contributed by atoms with Gasteiger partial charge in [0.2, 0.25) is 0 Å². The van der Waals surface area contributed by atoms with Crippen molar-refractivity contribution in [2.75, 3.05) is 13.1 Å². The number of benzene rings is 2. The van der Waals surface area contributed by atoms with Crippen LogP contribution in [-0.2, 0) is 0 Å². The Kier molecular flexibility index (Phi) is 5.48. The second-order valence-electron chi connectivity index (χ2n) is 6.03. The summed E-state index contributed by atoms with van der Waals surface area (Å²) in [5, 5.41) is 3.03. The number of carbonyl (C=O) groups excluding carboxylic acids is 2. The van der Waals surface area contributed by atoms with E-state index in [2.05, 4.69) is 21.2 Å². The Bertz CT molecular complexity index is 771. The van der Waals surface area contributed by atoms with Crippen molar-refractivity contribution in [1.82, 2.24) is 10.2 Å². The third-order valence-electron chi connectivity index (χ3n) is 4.33. The topological polar surface area (TPSA) is 49.4 Å². The molecule has 3 rings (SSSR count). The molecule has 1 N–H and O–H groups in total. The lowest BCUT2D eigenvalue weighted by atomic mass is 10.0. The molecule has 1 heterocycles. The minimum absolute atomic E-state index is 0.0388. The van der Waals surface area contributed by atoms with Gasteiger partial charge in [0.1, 0.15) is 5.82 Å². The average molecular weight is 405 g/mol. The first-order valence-electron chi connectivity index (χ1n) is 8.15. The Labute approximate surface area is 154 Å². The van der Waals surface area contributed by atoms with Crippen LogP contribution in [0.1, 0.15) is 33.6 Å². The van der Waals surface area contributed by atoms with E-state index in [4.69, 9.17) is 0 Å². The van der Waals surface area contributed by atoms with Gasteiger partial charge in [0.15, 0.2) is 0 Å². The summed E-state index contributed by atoms with van der Waals surface area (Å²) in [7, 11) is 0. The fraction of sp³-hybridized carbons (Fsp3) is 0.263. The maximum absolute atomic E-state index is 13.0. The van der Waals surface area contributed by atoms with Gasteiger partial charge in [-0.1, -0.05) is 12.1 Å². The van der Waals surface area contributed by atoms with Gasteiger partial charge in [-0.15, -0.1) is 0 Å².